The largest absolute Gasteiger partial charge is 0.443 e. The Morgan fingerprint density at radius 1 is 1.32 bits per heavy atom. The number of ether oxygens (including phenoxy) is 1. The van der Waals surface area contributed by atoms with E-state index in [4.69, 9.17) is 4.74 Å². The zero-order valence-electron chi connectivity index (χ0n) is 11.6. The molecule has 0 N–H and O–H groups in total. The molecule has 5 nitrogen and oxygen atoms in total. The van der Waals surface area contributed by atoms with E-state index >= 15 is 0 Å². The summed E-state index contributed by atoms with van der Waals surface area (Å²) in [6, 6.07) is 2.83. The van der Waals surface area contributed by atoms with Gasteiger partial charge in [0.05, 0.1) is 11.9 Å². The first-order valence-electron chi connectivity index (χ1n) is 6.74. The lowest BCUT2D eigenvalue weighted by molar-refractivity contribution is -0.146. The van der Waals surface area contributed by atoms with Gasteiger partial charge in [-0.25, -0.2) is 9.69 Å². The minimum atomic E-state index is -3.38. The van der Waals surface area contributed by atoms with Crippen LogP contribution in [0.4, 0.5) is 13.6 Å². The number of aromatic nitrogens is 2. The Kier molecular flexibility index (Phi) is 3.70. The number of carbonyl (C=O) groups excluding carboxylic acids is 1. The van der Waals surface area contributed by atoms with Gasteiger partial charge in [-0.2, -0.15) is 8.78 Å². The minimum absolute atomic E-state index is 0.0939. The SMILES string of the molecule is O=C(OCc1cnccn1)N1CCc2ccccc2C1(F)F. The van der Waals surface area contributed by atoms with Gasteiger partial charge >= 0.3 is 12.1 Å². The average molecular weight is 305 g/mol. The van der Waals surface area contributed by atoms with E-state index in [-0.39, 0.29) is 18.7 Å². The highest BCUT2D eigenvalue weighted by Crippen LogP contribution is 2.38. The number of nitrogens with zero attached hydrogens (tertiary/aromatic N) is 3. The van der Waals surface area contributed by atoms with E-state index in [0.29, 0.717) is 22.6 Å². The predicted octanol–water partition coefficient (Wildman–Crippen LogP) is 2.72. The van der Waals surface area contributed by atoms with Gasteiger partial charge in [0.15, 0.2) is 0 Å². The fraction of sp³-hybridized carbons (Fsp3) is 0.267. The molecule has 7 heteroatoms. The molecular weight excluding hydrogens is 292 g/mol. The van der Waals surface area contributed by atoms with Crippen LogP contribution < -0.4 is 0 Å². The van der Waals surface area contributed by atoms with E-state index in [1.165, 1.54) is 30.7 Å². The van der Waals surface area contributed by atoms with E-state index in [1.54, 1.807) is 12.1 Å². The van der Waals surface area contributed by atoms with Gasteiger partial charge in [0.25, 0.3) is 0 Å². The molecule has 1 aliphatic heterocycles. The van der Waals surface area contributed by atoms with Crippen LogP contribution >= 0.6 is 0 Å². The Bertz CT molecular complexity index is 679. The lowest BCUT2D eigenvalue weighted by Gasteiger charge is -2.35. The molecule has 0 fully saturated rings. The first-order chi connectivity index (χ1) is 10.6. The molecule has 2 aromatic rings. The Balaban J connectivity index is 1.74. The first kappa shape index (κ1) is 14.4. The third-order valence-corrected chi connectivity index (χ3v) is 3.47. The molecular formula is C15H13F2N3O2. The average Bonchev–Trinajstić information content (AvgIpc) is 2.54. The van der Waals surface area contributed by atoms with Crippen molar-refractivity contribution in [3.05, 3.63) is 59.7 Å². The summed E-state index contributed by atoms with van der Waals surface area (Å²) in [5.74, 6) is 0. The molecule has 3 rings (SSSR count). The molecule has 0 saturated carbocycles. The van der Waals surface area contributed by atoms with Gasteiger partial charge in [-0.05, 0) is 12.0 Å². The van der Waals surface area contributed by atoms with Crippen molar-refractivity contribution in [2.45, 2.75) is 19.1 Å². The summed E-state index contributed by atoms with van der Waals surface area (Å²) in [6.07, 6.45) is 3.63. The third-order valence-electron chi connectivity index (χ3n) is 3.47. The lowest BCUT2D eigenvalue weighted by atomic mass is 9.98. The second-order valence-corrected chi connectivity index (χ2v) is 4.85. The van der Waals surface area contributed by atoms with Crippen molar-refractivity contribution in [2.75, 3.05) is 6.54 Å². The number of benzene rings is 1. The quantitative estimate of drug-likeness (QED) is 0.801. The van der Waals surface area contributed by atoms with Crippen LogP contribution in [0.2, 0.25) is 0 Å². The van der Waals surface area contributed by atoms with Crippen LogP contribution in [0.5, 0.6) is 0 Å². The summed E-state index contributed by atoms with van der Waals surface area (Å²) < 4.78 is 33.8. The zero-order valence-corrected chi connectivity index (χ0v) is 11.6. The molecule has 0 radical (unpaired) electrons. The minimum Gasteiger partial charge on any atom is -0.443 e. The number of alkyl halides is 2. The summed E-state index contributed by atoms with van der Waals surface area (Å²) in [6.45, 7) is -0.287. The van der Waals surface area contributed by atoms with Crippen molar-refractivity contribution in [3.63, 3.8) is 0 Å². The number of hydrogen-bond acceptors (Lipinski definition) is 4. The Labute approximate surface area is 125 Å². The van der Waals surface area contributed by atoms with Crippen LogP contribution in [0.3, 0.4) is 0 Å². The third kappa shape index (κ3) is 2.61. The number of halogens is 2. The summed E-state index contributed by atoms with van der Waals surface area (Å²) in [5.41, 5.74) is 0.791. The smallest absolute Gasteiger partial charge is 0.415 e. The first-order valence-corrected chi connectivity index (χ1v) is 6.74. The summed E-state index contributed by atoms with van der Waals surface area (Å²) >= 11 is 0. The summed E-state index contributed by atoms with van der Waals surface area (Å²) in [4.78, 5) is 20.2. The molecule has 2 heterocycles. The van der Waals surface area contributed by atoms with Crippen LogP contribution in [0.1, 0.15) is 16.8 Å². The maximum absolute atomic E-state index is 14.4. The van der Waals surface area contributed by atoms with Crippen LogP contribution in [-0.2, 0) is 23.8 Å². The van der Waals surface area contributed by atoms with E-state index in [1.807, 2.05) is 0 Å². The Hall–Kier alpha value is -2.57. The maximum Gasteiger partial charge on any atom is 0.415 e. The molecule has 22 heavy (non-hydrogen) atoms. The molecule has 1 aliphatic rings. The number of amides is 1. The standard InChI is InChI=1S/C15H13F2N3O2/c16-15(17)13-4-2-1-3-11(13)5-8-20(15)14(21)22-10-12-9-18-6-7-19-12/h1-4,6-7,9H,5,8,10H2. The van der Waals surface area contributed by atoms with Gasteiger partial charge in [-0.15, -0.1) is 0 Å². The van der Waals surface area contributed by atoms with Crippen molar-refractivity contribution in [1.29, 1.82) is 0 Å². The highest BCUT2D eigenvalue weighted by molar-refractivity contribution is 5.69. The van der Waals surface area contributed by atoms with E-state index in [2.05, 4.69) is 9.97 Å². The molecule has 0 atom stereocenters. The van der Waals surface area contributed by atoms with E-state index < -0.39 is 12.1 Å². The molecule has 0 saturated heterocycles. The lowest BCUT2D eigenvalue weighted by Crippen LogP contribution is -2.48. The molecule has 0 aliphatic carbocycles. The van der Waals surface area contributed by atoms with Crippen molar-refractivity contribution >= 4 is 6.09 Å². The van der Waals surface area contributed by atoms with Crippen LogP contribution in [0.15, 0.2) is 42.9 Å². The molecule has 1 amide bonds. The van der Waals surface area contributed by atoms with Gasteiger partial charge in [0.1, 0.15) is 6.61 Å². The number of carbonyl (C=O) groups is 1. The second kappa shape index (κ2) is 5.67. The van der Waals surface area contributed by atoms with Crippen LogP contribution in [0, 0.1) is 0 Å². The van der Waals surface area contributed by atoms with Crippen molar-refractivity contribution < 1.29 is 18.3 Å². The fourth-order valence-electron chi connectivity index (χ4n) is 2.37. The van der Waals surface area contributed by atoms with Gasteiger partial charge < -0.3 is 4.74 Å². The normalized spacial score (nSPS) is 16.0. The highest BCUT2D eigenvalue weighted by atomic mass is 19.3. The van der Waals surface area contributed by atoms with Crippen LogP contribution in [0.25, 0.3) is 0 Å². The second-order valence-electron chi connectivity index (χ2n) is 4.85. The van der Waals surface area contributed by atoms with E-state index in [0.717, 1.165) is 0 Å². The molecule has 0 spiro atoms. The fourth-order valence-corrected chi connectivity index (χ4v) is 2.37. The van der Waals surface area contributed by atoms with Gasteiger partial charge in [0, 0.05) is 24.5 Å². The maximum atomic E-state index is 14.4. The number of hydrogen-bond donors (Lipinski definition) is 0. The zero-order chi connectivity index (χ0) is 15.6. The van der Waals surface area contributed by atoms with Crippen molar-refractivity contribution in [1.82, 2.24) is 14.9 Å². The Morgan fingerprint density at radius 2 is 2.14 bits per heavy atom. The summed E-state index contributed by atoms with van der Waals surface area (Å²) in [7, 11) is 0. The molecule has 1 aromatic carbocycles. The highest BCUT2D eigenvalue weighted by Gasteiger charge is 2.47. The van der Waals surface area contributed by atoms with Gasteiger partial charge in [0.2, 0.25) is 0 Å². The molecule has 1 aromatic heterocycles. The van der Waals surface area contributed by atoms with Crippen LogP contribution in [-0.4, -0.2) is 27.5 Å². The number of rotatable bonds is 2. The van der Waals surface area contributed by atoms with Crippen molar-refractivity contribution in [3.8, 4) is 0 Å². The Morgan fingerprint density at radius 3 is 2.91 bits per heavy atom. The van der Waals surface area contributed by atoms with Crippen molar-refractivity contribution in [2.24, 2.45) is 0 Å². The molecule has 0 bridgehead atoms. The number of fused-ring (bicyclic) bond motifs is 1. The topological polar surface area (TPSA) is 55.3 Å². The van der Waals surface area contributed by atoms with Gasteiger partial charge in [-0.3, -0.25) is 9.97 Å². The van der Waals surface area contributed by atoms with E-state index in [9.17, 15) is 13.6 Å². The molecule has 0 unspecified atom stereocenters. The summed E-state index contributed by atoms with van der Waals surface area (Å²) in [5, 5.41) is 0. The molecule has 114 valence electrons. The predicted molar refractivity (Wildman–Crippen MR) is 73.0 cm³/mol. The van der Waals surface area contributed by atoms with Gasteiger partial charge in [-0.1, -0.05) is 24.3 Å². The monoisotopic (exact) mass is 305 g/mol.